The predicted octanol–water partition coefficient (Wildman–Crippen LogP) is 1.14. The Hall–Kier alpha value is -2.68. The molecule has 24 heavy (non-hydrogen) atoms. The fourth-order valence-electron chi connectivity index (χ4n) is 2.94. The zero-order valence-corrected chi connectivity index (χ0v) is 13.3. The van der Waals surface area contributed by atoms with Crippen molar-refractivity contribution in [1.29, 1.82) is 0 Å². The van der Waals surface area contributed by atoms with Crippen LogP contribution in [0, 0.1) is 10.1 Å². The summed E-state index contributed by atoms with van der Waals surface area (Å²) in [7, 11) is 0. The predicted molar refractivity (Wildman–Crippen MR) is 83.7 cm³/mol. The third-order valence-electron chi connectivity index (χ3n) is 3.93. The second kappa shape index (κ2) is 6.08. The first kappa shape index (κ1) is 16.2. The van der Waals surface area contributed by atoms with Crippen LogP contribution in [0.15, 0.2) is 27.4 Å². The van der Waals surface area contributed by atoms with Crippen LogP contribution in [-0.2, 0) is 16.1 Å². The maximum atomic E-state index is 12.5. The molecule has 1 amide bonds. The van der Waals surface area contributed by atoms with Crippen LogP contribution in [0.4, 0.5) is 5.69 Å². The molecular weight excluding hydrogens is 318 g/mol. The number of fused-ring (bicyclic) bond motifs is 1. The summed E-state index contributed by atoms with van der Waals surface area (Å²) >= 11 is 0. The number of carbonyl (C=O) groups excluding carboxylic acids is 1. The molecule has 0 bridgehead atoms. The number of rotatable bonds is 3. The van der Waals surface area contributed by atoms with E-state index >= 15 is 0 Å². The van der Waals surface area contributed by atoms with Crippen molar-refractivity contribution in [1.82, 2.24) is 9.47 Å². The van der Waals surface area contributed by atoms with E-state index in [1.807, 2.05) is 13.8 Å². The van der Waals surface area contributed by atoms with Gasteiger partial charge < -0.3 is 14.1 Å². The fraction of sp³-hybridized carbons (Fsp3) is 0.467. The molecule has 2 atom stereocenters. The van der Waals surface area contributed by atoms with Crippen molar-refractivity contribution in [3.63, 3.8) is 0 Å². The molecule has 9 heteroatoms. The molecule has 1 aromatic heterocycles. The van der Waals surface area contributed by atoms with E-state index in [0.29, 0.717) is 18.6 Å². The number of morpholine rings is 1. The Morgan fingerprint density at radius 3 is 2.62 bits per heavy atom. The van der Waals surface area contributed by atoms with Crippen LogP contribution in [-0.4, -0.2) is 45.6 Å². The molecule has 128 valence electrons. The number of hydrogen-bond acceptors (Lipinski definition) is 6. The topological polar surface area (TPSA) is 108 Å². The molecule has 0 N–H and O–H groups in total. The summed E-state index contributed by atoms with van der Waals surface area (Å²) in [5, 5.41) is 10.8. The average molecular weight is 335 g/mol. The molecule has 9 nitrogen and oxygen atoms in total. The lowest BCUT2D eigenvalue weighted by Gasteiger charge is -2.35. The molecule has 2 unspecified atom stereocenters. The molecule has 1 fully saturated rings. The summed E-state index contributed by atoms with van der Waals surface area (Å²) in [5.41, 5.74) is 0.268. The van der Waals surface area contributed by atoms with Crippen LogP contribution in [0.3, 0.4) is 0 Å². The van der Waals surface area contributed by atoms with E-state index in [1.165, 1.54) is 22.8 Å². The zero-order chi connectivity index (χ0) is 17.4. The first-order chi connectivity index (χ1) is 11.3. The second-order valence-corrected chi connectivity index (χ2v) is 5.92. The minimum Gasteiger partial charge on any atom is -0.407 e. The molecule has 0 aliphatic carbocycles. The number of aromatic nitrogens is 1. The largest absolute Gasteiger partial charge is 0.420 e. The lowest BCUT2D eigenvalue weighted by atomic mass is 10.2. The van der Waals surface area contributed by atoms with Gasteiger partial charge in [0, 0.05) is 19.2 Å². The highest BCUT2D eigenvalue weighted by molar-refractivity contribution is 5.80. The van der Waals surface area contributed by atoms with Crippen LogP contribution in [0.5, 0.6) is 0 Å². The van der Waals surface area contributed by atoms with Gasteiger partial charge in [-0.15, -0.1) is 0 Å². The van der Waals surface area contributed by atoms with Gasteiger partial charge in [0.1, 0.15) is 6.54 Å². The third kappa shape index (κ3) is 3.02. The van der Waals surface area contributed by atoms with Gasteiger partial charge in [0.15, 0.2) is 5.58 Å². The molecule has 1 aliphatic heterocycles. The monoisotopic (exact) mass is 335 g/mol. The minimum atomic E-state index is -0.715. The van der Waals surface area contributed by atoms with Crippen molar-refractivity contribution >= 4 is 22.7 Å². The molecule has 1 aliphatic rings. The molecule has 1 aromatic carbocycles. The average Bonchev–Trinajstić information content (AvgIpc) is 2.81. The van der Waals surface area contributed by atoms with E-state index in [2.05, 4.69) is 0 Å². The lowest BCUT2D eigenvalue weighted by Crippen LogP contribution is -2.49. The summed E-state index contributed by atoms with van der Waals surface area (Å²) in [5.74, 6) is -0.937. The number of nitro groups is 1. The van der Waals surface area contributed by atoms with E-state index in [1.54, 1.807) is 4.90 Å². The number of non-ortho nitro benzene ring substituents is 1. The molecule has 0 spiro atoms. The molecular formula is C15H17N3O6. The first-order valence-electron chi connectivity index (χ1n) is 7.56. The van der Waals surface area contributed by atoms with Gasteiger partial charge in [-0.1, -0.05) is 0 Å². The number of nitro benzene ring substituents is 1. The van der Waals surface area contributed by atoms with E-state index in [-0.39, 0.29) is 35.9 Å². The Kier molecular flexibility index (Phi) is 4.10. The minimum absolute atomic E-state index is 0.0711. The van der Waals surface area contributed by atoms with Gasteiger partial charge in [0.2, 0.25) is 5.91 Å². The zero-order valence-electron chi connectivity index (χ0n) is 13.3. The Bertz CT molecular complexity index is 845. The Morgan fingerprint density at radius 1 is 1.33 bits per heavy atom. The molecule has 2 aromatic rings. The van der Waals surface area contributed by atoms with Crippen molar-refractivity contribution in [2.45, 2.75) is 32.6 Å². The van der Waals surface area contributed by atoms with Crippen LogP contribution in [0.1, 0.15) is 13.8 Å². The highest BCUT2D eigenvalue weighted by Gasteiger charge is 2.27. The number of ether oxygens (including phenoxy) is 1. The van der Waals surface area contributed by atoms with Crippen LogP contribution in [0.2, 0.25) is 0 Å². The SMILES string of the molecule is CC1CN(C(=O)Cn2c(=O)oc3cc([N+](=O)[O-])ccc32)CC(C)O1. The lowest BCUT2D eigenvalue weighted by molar-refractivity contribution is -0.384. The second-order valence-electron chi connectivity index (χ2n) is 5.92. The van der Waals surface area contributed by atoms with Crippen LogP contribution in [0.25, 0.3) is 11.1 Å². The van der Waals surface area contributed by atoms with Crippen molar-refractivity contribution in [3.05, 3.63) is 38.9 Å². The molecule has 2 heterocycles. The number of carbonyl (C=O) groups is 1. The highest BCUT2D eigenvalue weighted by atomic mass is 16.6. The van der Waals surface area contributed by atoms with Crippen LogP contribution >= 0.6 is 0 Å². The highest BCUT2D eigenvalue weighted by Crippen LogP contribution is 2.20. The number of hydrogen-bond donors (Lipinski definition) is 0. The summed E-state index contributed by atoms with van der Waals surface area (Å²) in [4.78, 5) is 36.4. The van der Waals surface area contributed by atoms with E-state index in [9.17, 15) is 19.7 Å². The number of amides is 1. The van der Waals surface area contributed by atoms with E-state index in [4.69, 9.17) is 9.15 Å². The number of oxazole rings is 1. The van der Waals surface area contributed by atoms with Gasteiger partial charge in [0.05, 0.1) is 28.7 Å². The molecule has 0 saturated carbocycles. The number of nitrogens with zero attached hydrogens (tertiary/aromatic N) is 3. The Balaban J connectivity index is 1.87. The summed E-state index contributed by atoms with van der Waals surface area (Å²) in [6.07, 6.45) is -0.142. The van der Waals surface area contributed by atoms with Crippen LogP contribution < -0.4 is 5.76 Å². The standard InChI is InChI=1S/C15H17N3O6/c1-9-6-16(7-10(2)23-9)14(19)8-17-12-4-3-11(18(21)22)5-13(12)24-15(17)20/h3-5,9-10H,6-8H2,1-2H3. The fourth-order valence-corrected chi connectivity index (χ4v) is 2.94. The summed E-state index contributed by atoms with van der Waals surface area (Å²) < 4.78 is 11.8. The molecule has 1 saturated heterocycles. The summed E-state index contributed by atoms with van der Waals surface area (Å²) in [6, 6.07) is 3.87. The molecule has 3 rings (SSSR count). The van der Waals surface area contributed by atoms with Crippen molar-refractivity contribution in [2.75, 3.05) is 13.1 Å². The van der Waals surface area contributed by atoms with Gasteiger partial charge in [-0.2, -0.15) is 0 Å². The van der Waals surface area contributed by atoms with Crippen molar-refractivity contribution < 1.29 is 18.9 Å². The van der Waals surface area contributed by atoms with Gasteiger partial charge in [-0.25, -0.2) is 4.79 Å². The smallest absolute Gasteiger partial charge is 0.407 e. The maximum Gasteiger partial charge on any atom is 0.420 e. The third-order valence-corrected chi connectivity index (χ3v) is 3.93. The first-order valence-corrected chi connectivity index (χ1v) is 7.56. The van der Waals surface area contributed by atoms with E-state index in [0.717, 1.165) is 0 Å². The quantitative estimate of drug-likeness (QED) is 0.615. The van der Waals surface area contributed by atoms with Crippen molar-refractivity contribution in [2.24, 2.45) is 0 Å². The van der Waals surface area contributed by atoms with Crippen molar-refractivity contribution in [3.8, 4) is 0 Å². The van der Waals surface area contributed by atoms with Gasteiger partial charge in [-0.05, 0) is 19.9 Å². The van der Waals surface area contributed by atoms with Gasteiger partial charge >= 0.3 is 5.76 Å². The van der Waals surface area contributed by atoms with Gasteiger partial charge in [-0.3, -0.25) is 19.5 Å². The molecule has 0 radical (unpaired) electrons. The normalized spacial score (nSPS) is 21.2. The summed E-state index contributed by atoms with van der Waals surface area (Å²) in [6.45, 7) is 4.50. The Labute approximate surface area is 136 Å². The Morgan fingerprint density at radius 2 is 2.00 bits per heavy atom. The van der Waals surface area contributed by atoms with E-state index < -0.39 is 10.7 Å². The van der Waals surface area contributed by atoms with Gasteiger partial charge in [0.25, 0.3) is 5.69 Å². The number of benzene rings is 1. The maximum absolute atomic E-state index is 12.5.